The van der Waals surface area contributed by atoms with Crippen LogP contribution in [0.1, 0.15) is 17.2 Å². The molecule has 0 aliphatic rings. The molecule has 0 fully saturated rings. The highest BCUT2D eigenvalue weighted by atomic mass is 15.3. The minimum atomic E-state index is 0.886. The molecule has 0 unspecified atom stereocenters. The van der Waals surface area contributed by atoms with Gasteiger partial charge < -0.3 is 4.57 Å². The molecule has 0 amide bonds. The number of hydrogen-bond donors (Lipinski definition) is 0. The minimum Gasteiger partial charge on any atom is -0.349 e. The van der Waals surface area contributed by atoms with Crippen LogP contribution in [-0.4, -0.2) is 19.3 Å². The van der Waals surface area contributed by atoms with Gasteiger partial charge in [0.05, 0.1) is 0 Å². The number of aryl methyl sites for hydroxylation is 4. The summed E-state index contributed by atoms with van der Waals surface area (Å²) in [5.74, 6) is 0.907. The predicted molar refractivity (Wildman–Crippen MR) is 58.6 cm³/mol. The van der Waals surface area contributed by atoms with Crippen molar-refractivity contribution in [2.75, 3.05) is 0 Å². The highest BCUT2D eigenvalue weighted by Gasteiger charge is 2.03. The summed E-state index contributed by atoms with van der Waals surface area (Å²) in [6.07, 6.45) is 2.63. The van der Waals surface area contributed by atoms with E-state index in [1.165, 1.54) is 11.4 Å². The van der Waals surface area contributed by atoms with Crippen LogP contribution in [0.5, 0.6) is 0 Å². The van der Waals surface area contributed by atoms with Crippen molar-refractivity contribution in [3.8, 4) is 0 Å². The standard InChI is InChI=1S/C11H16N4/c1-9-4-5-10(2)15(9)7-6-11-12-8-14(3)13-11/h4-5,8H,6-7H2,1-3H3. The number of hydrogen-bond acceptors (Lipinski definition) is 2. The van der Waals surface area contributed by atoms with Gasteiger partial charge in [-0.05, 0) is 26.0 Å². The van der Waals surface area contributed by atoms with E-state index in [0.717, 1.165) is 18.8 Å². The average Bonchev–Trinajstić information content (AvgIpc) is 2.73. The van der Waals surface area contributed by atoms with E-state index in [4.69, 9.17) is 0 Å². The molecule has 0 spiro atoms. The van der Waals surface area contributed by atoms with Gasteiger partial charge in [0.2, 0.25) is 0 Å². The van der Waals surface area contributed by atoms with Crippen LogP contribution >= 0.6 is 0 Å². The Kier molecular flexibility index (Phi) is 2.58. The molecular weight excluding hydrogens is 188 g/mol. The lowest BCUT2D eigenvalue weighted by molar-refractivity contribution is 0.636. The van der Waals surface area contributed by atoms with Gasteiger partial charge >= 0.3 is 0 Å². The van der Waals surface area contributed by atoms with Gasteiger partial charge in [0.15, 0.2) is 5.82 Å². The summed E-state index contributed by atoms with van der Waals surface area (Å²) < 4.78 is 4.03. The fraction of sp³-hybridized carbons (Fsp3) is 0.455. The minimum absolute atomic E-state index is 0.886. The summed E-state index contributed by atoms with van der Waals surface area (Å²) in [7, 11) is 1.89. The third kappa shape index (κ3) is 2.09. The van der Waals surface area contributed by atoms with Crippen LogP contribution < -0.4 is 0 Å². The van der Waals surface area contributed by atoms with Gasteiger partial charge in [0.25, 0.3) is 0 Å². The van der Waals surface area contributed by atoms with Crippen molar-refractivity contribution in [3.63, 3.8) is 0 Å². The van der Waals surface area contributed by atoms with Crippen LogP contribution in [0.2, 0.25) is 0 Å². The first-order valence-corrected chi connectivity index (χ1v) is 5.14. The first-order valence-electron chi connectivity index (χ1n) is 5.14. The quantitative estimate of drug-likeness (QED) is 0.759. The maximum Gasteiger partial charge on any atom is 0.152 e. The van der Waals surface area contributed by atoms with E-state index in [1.807, 2.05) is 7.05 Å². The van der Waals surface area contributed by atoms with Crippen LogP contribution in [-0.2, 0) is 20.0 Å². The summed E-state index contributed by atoms with van der Waals surface area (Å²) in [4.78, 5) is 4.21. The highest BCUT2D eigenvalue weighted by Crippen LogP contribution is 2.07. The van der Waals surface area contributed by atoms with Gasteiger partial charge in [0.1, 0.15) is 6.33 Å². The second-order valence-electron chi connectivity index (χ2n) is 3.85. The maximum atomic E-state index is 4.26. The SMILES string of the molecule is Cc1ccc(C)n1CCc1ncn(C)n1. The van der Waals surface area contributed by atoms with Crippen molar-refractivity contribution in [3.05, 3.63) is 35.7 Å². The van der Waals surface area contributed by atoms with Crippen molar-refractivity contribution < 1.29 is 0 Å². The molecular formula is C11H16N4. The van der Waals surface area contributed by atoms with E-state index < -0.39 is 0 Å². The van der Waals surface area contributed by atoms with Crippen molar-refractivity contribution in [1.82, 2.24) is 19.3 Å². The molecule has 0 bridgehead atoms. The zero-order valence-electron chi connectivity index (χ0n) is 9.44. The Morgan fingerprint density at radius 1 is 1.20 bits per heavy atom. The van der Waals surface area contributed by atoms with Crippen molar-refractivity contribution in [1.29, 1.82) is 0 Å². The molecule has 0 atom stereocenters. The van der Waals surface area contributed by atoms with E-state index in [2.05, 4.69) is 40.6 Å². The molecule has 0 radical (unpaired) electrons. The molecule has 0 saturated carbocycles. The van der Waals surface area contributed by atoms with Crippen LogP contribution in [0.3, 0.4) is 0 Å². The van der Waals surface area contributed by atoms with Gasteiger partial charge in [-0.15, -0.1) is 0 Å². The molecule has 2 aromatic heterocycles. The van der Waals surface area contributed by atoms with Gasteiger partial charge in [-0.2, -0.15) is 5.10 Å². The van der Waals surface area contributed by atoms with E-state index in [1.54, 1.807) is 11.0 Å². The zero-order valence-corrected chi connectivity index (χ0v) is 9.44. The molecule has 15 heavy (non-hydrogen) atoms. The molecule has 0 saturated heterocycles. The number of rotatable bonds is 3. The lowest BCUT2D eigenvalue weighted by Gasteiger charge is -2.06. The second kappa shape index (κ2) is 3.88. The van der Waals surface area contributed by atoms with E-state index >= 15 is 0 Å². The molecule has 0 aromatic carbocycles. The topological polar surface area (TPSA) is 35.6 Å². The van der Waals surface area contributed by atoms with E-state index in [0.29, 0.717) is 0 Å². The molecule has 4 heteroatoms. The van der Waals surface area contributed by atoms with Crippen molar-refractivity contribution in [2.24, 2.45) is 7.05 Å². The summed E-state index contributed by atoms with van der Waals surface area (Å²) in [5.41, 5.74) is 2.59. The molecule has 4 nitrogen and oxygen atoms in total. The fourth-order valence-electron chi connectivity index (χ4n) is 1.76. The molecule has 2 aromatic rings. The Bertz CT molecular complexity index is 433. The lowest BCUT2D eigenvalue weighted by Crippen LogP contribution is -2.06. The van der Waals surface area contributed by atoms with Gasteiger partial charge in [-0.3, -0.25) is 4.68 Å². The molecule has 0 N–H and O–H groups in total. The monoisotopic (exact) mass is 204 g/mol. The van der Waals surface area contributed by atoms with E-state index in [9.17, 15) is 0 Å². The second-order valence-corrected chi connectivity index (χ2v) is 3.85. The van der Waals surface area contributed by atoms with Crippen molar-refractivity contribution >= 4 is 0 Å². The summed E-state index contributed by atoms with van der Waals surface area (Å²) in [6, 6.07) is 4.28. The predicted octanol–water partition coefficient (Wildman–Crippen LogP) is 1.48. The Morgan fingerprint density at radius 2 is 1.87 bits per heavy atom. The lowest BCUT2D eigenvalue weighted by atomic mass is 10.4. The first kappa shape index (κ1) is 9.96. The van der Waals surface area contributed by atoms with Crippen LogP contribution in [0.25, 0.3) is 0 Å². The molecule has 2 heterocycles. The number of aromatic nitrogens is 4. The third-order valence-corrected chi connectivity index (χ3v) is 2.62. The smallest absolute Gasteiger partial charge is 0.152 e. The Balaban J connectivity index is 2.05. The average molecular weight is 204 g/mol. The van der Waals surface area contributed by atoms with E-state index in [-0.39, 0.29) is 0 Å². The highest BCUT2D eigenvalue weighted by molar-refractivity contribution is 5.13. The van der Waals surface area contributed by atoms with Crippen LogP contribution in [0.4, 0.5) is 0 Å². The fourth-order valence-corrected chi connectivity index (χ4v) is 1.76. The maximum absolute atomic E-state index is 4.26. The third-order valence-electron chi connectivity index (χ3n) is 2.62. The molecule has 2 rings (SSSR count). The Hall–Kier alpha value is -1.58. The summed E-state index contributed by atoms with van der Waals surface area (Å²) in [6.45, 7) is 5.20. The van der Waals surface area contributed by atoms with Gasteiger partial charge in [-0.25, -0.2) is 4.98 Å². The van der Waals surface area contributed by atoms with Crippen LogP contribution in [0, 0.1) is 13.8 Å². The molecule has 80 valence electrons. The zero-order chi connectivity index (χ0) is 10.8. The van der Waals surface area contributed by atoms with Gasteiger partial charge in [-0.1, -0.05) is 0 Å². The van der Waals surface area contributed by atoms with Crippen LogP contribution in [0.15, 0.2) is 18.5 Å². The largest absolute Gasteiger partial charge is 0.349 e. The molecule has 0 aliphatic carbocycles. The normalized spacial score (nSPS) is 10.9. The number of nitrogens with zero attached hydrogens (tertiary/aromatic N) is 4. The van der Waals surface area contributed by atoms with Crippen molar-refractivity contribution in [2.45, 2.75) is 26.8 Å². The molecule has 0 aliphatic heterocycles. The Morgan fingerprint density at radius 3 is 2.40 bits per heavy atom. The summed E-state index contributed by atoms with van der Waals surface area (Å²) >= 11 is 0. The Labute approximate surface area is 89.6 Å². The first-order chi connectivity index (χ1) is 7.16. The summed E-state index contributed by atoms with van der Waals surface area (Å²) in [5, 5.41) is 4.26. The van der Waals surface area contributed by atoms with Gasteiger partial charge in [0, 0.05) is 31.4 Å².